The van der Waals surface area contributed by atoms with E-state index in [1.807, 2.05) is 0 Å². The minimum atomic E-state index is -2.36. The Kier molecular flexibility index (Phi) is 23.6. The second kappa shape index (κ2) is 28.7. The molecule has 81 heavy (non-hydrogen) atoms. The summed E-state index contributed by atoms with van der Waals surface area (Å²) in [4.78, 5) is 12.0. The molecule has 0 bridgehead atoms. The quantitative estimate of drug-likeness (QED) is 0.0538. The smallest absolute Gasteiger partial charge is 0.217 e. The van der Waals surface area contributed by atoms with Crippen LogP contribution in [0, 0.1) is 0 Å². The van der Waals surface area contributed by atoms with Crippen molar-refractivity contribution < 1.29 is 179 Å². The second-order valence-electron chi connectivity index (χ2n) is 20.3. The average molecular weight is 1190 g/mol. The number of hydrogen-bond donors (Lipinski definition) is 23. The summed E-state index contributed by atoms with van der Waals surface area (Å²) < 4.78 is 74.1. The predicted octanol–water partition coefficient (Wildman–Crippen LogP) is -16.1. The van der Waals surface area contributed by atoms with Crippen molar-refractivity contribution in [1.82, 2.24) is 5.32 Å². The number of ether oxygens (including phenoxy) is 13. The molecule has 0 radical (unpaired) electrons. The fourth-order valence-corrected chi connectivity index (χ4v) is 10.3. The van der Waals surface area contributed by atoms with Gasteiger partial charge in [-0.15, -0.1) is 0 Å². The van der Waals surface area contributed by atoms with Gasteiger partial charge in [-0.2, -0.15) is 0 Å². The summed E-state index contributed by atoms with van der Waals surface area (Å²) in [6, 6.07) is -1.65. The van der Waals surface area contributed by atoms with E-state index in [0.717, 1.165) is 6.92 Å². The number of amides is 1. The van der Waals surface area contributed by atoms with Gasteiger partial charge in [-0.05, 0) is 0 Å². The van der Waals surface area contributed by atoms with Crippen molar-refractivity contribution in [2.24, 2.45) is 0 Å². The van der Waals surface area contributed by atoms with E-state index in [4.69, 9.17) is 61.6 Å². The fraction of sp³-hybridized carbons (Fsp3) is 0.977. The van der Waals surface area contributed by atoms with E-state index in [9.17, 15) is 117 Å². The Bertz CT molecular complexity index is 1940. The third-order valence-corrected chi connectivity index (χ3v) is 14.9. The molecule has 0 aromatic rings. The zero-order valence-corrected chi connectivity index (χ0v) is 42.7. The lowest BCUT2D eigenvalue weighted by Crippen LogP contribution is -2.69. The van der Waals surface area contributed by atoms with Crippen LogP contribution in [-0.4, -0.2) is 379 Å². The van der Waals surface area contributed by atoms with Crippen LogP contribution in [0.5, 0.6) is 0 Å². The van der Waals surface area contributed by atoms with Crippen molar-refractivity contribution in [1.29, 1.82) is 0 Å². The molecule has 0 spiro atoms. The first-order valence-electron chi connectivity index (χ1n) is 25.6. The minimum absolute atomic E-state index is 0.783. The van der Waals surface area contributed by atoms with Gasteiger partial charge >= 0.3 is 0 Å². The zero-order chi connectivity index (χ0) is 59.6. The topological polar surface area (TPSA) is 594 Å². The van der Waals surface area contributed by atoms with Gasteiger partial charge in [0.2, 0.25) is 5.91 Å². The molecule has 35 atom stereocenters. The van der Waals surface area contributed by atoms with Crippen LogP contribution in [0.15, 0.2) is 0 Å². The molecule has 7 aliphatic heterocycles. The Morgan fingerprint density at radius 2 is 0.642 bits per heavy atom. The number of carbonyl (C=O) groups is 1. The van der Waals surface area contributed by atoms with Gasteiger partial charge in [-0.25, -0.2) is 0 Å². The molecule has 0 saturated carbocycles. The molecule has 7 saturated heterocycles. The maximum Gasteiger partial charge on any atom is 0.217 e. The molecule has 7 rings (SSSR count). The Morgan fingerprint density at radius 3 is 1.09 bits per heavy atom. The third kappa shape index (κ3) is 14.1. The van der Waals surface area contributed by atoms with Crippen LogP contribution in [0.4, 0.5) is 0 Å². The summed E-state index contributed by atoms with van der Waals surface area (Å²) in [6.45, 7) is -6.01. The van der Waals surface area contributed by atoms with Crippen molar-refractivity contribution in [3.8, 4) is 0 Å². The third-order valence-electron chi connectivity index (χ3n) is 14.9. The standard InChI is InChI=1S/C44H75NO36/c1-9(52)45-17-24(59)33(15(7-51)70-38(17)68)77-42-32(67)35(23(58)16(76-42)8-69-39-29(64)25(60)18(53)10(2-46)71-39)79-43-37(28(63)21(56)12(4-48)74-43)81-44-36(27(62)20(55)13(5-49)75-44)80-41-31(66)34(22(57)14(6-50)73-41)78-40-30(65)26(61)19(54)11(3-47)72-40/h10-44,46-51,53-68H,2-8H2,1H3,(H,45,52)/t10-,11-,12-,13-,14-,15-,16-,17-,18-,19-,20-,21-,22-,23-,24-,25+,26+,27+,28+,29+,30-,31+,32+,33-,34+,35+,36+,37+,38-,39+,40-,41-,42+,43-,44-/m1/s1. The SMILES string of the molecule is CC(=O)N[C@@H]1[C@@H](O)[C@H](O[C@@H]2O[C@H](CO[C@H]3O[C@H](CO)[C@@H](O)[C@H](O)[C@@H]3O)[C@@H](O)[C@H](O[C@H]3O[C@H](CO)[C@@H](O)[C@H](O)[C@@H]3O[C@H]3O[C@H](CO)[C@@H](O)[C@H](O)[C@@H]3O[C@H]3O[C@H](CO)[C@@H](O)[C@H](O[C@H]4O[C@H](CO)[C@@H](O)[C@H](O)[C@H]4O)[C@@H]3O)[C@@H]2O)[C@@H](CO)O[C@H]1O. The average Bonchev–Trinajstić information content (AvgIpc) is 3.54. The van der Waals surface area contributed by atoms with Crippen LogP contribution < -0.4 is 5.32 Å². The highest BCUT2D eigenvalue weighted by atomic mass is 16.8. The van der Waals surface area contributed by atoms with Gasteiger partial charge in [0.1, 0.15) is 171 Å². The number of carbonyl (C=O) groups excluding carboxylic acids is 1. The molecule has 0 unspecified atom stereocenters. The molecule has 0 aliphatic carbocycles. The molecule has 23 N–H and O–H groups in total. The van der Waals surface area contributed by atoms with Crippen LogP contribution >= 0.6 is 0 Å². The lowest BCUT2D eigenvalue weighted by atomic mass is 9.94. The molecule has 7 aliphatic rings. The van der Waals surface area contributed by atoms with Crippen LogP contribution in [0.3, 0.4) is 0 Å². The molecule has 7 fully saturated rings. The Labute approximate surface area is 457 Å². The van der Waals surface area contributed by atoms with E-state index in [2.05, 4.69) is 5.32 Å². The Balaban J connectivity index is 1.19. The summed E-state index contributed by atoms with van der Waals surface area (Å²) in [7, 11) is 0. The maximum atomic E-state index is 12.0. The van der Waals surface area contributed by atoms with E-state index in [1.165, 1.54) is 0 Å². The summed E-state index contributed by atoms with van der Waals surface area (Å²) in [5.74, 6) is -0.783. The largest absolute Gasteiger partial charge is 0.394 e. The summed E-state index contributed by atoms with van der Waals surface area (Å²) >= 11 is 0. The van der Waals surface area contributed by atoms with Gasteiger partial charge in [-0.1, -0.05) is 0 Å². The van der Waals surface area contributed by atoms with Gasteiger partial charge in [-0.3, -0.25) is 4.79 Å². The number of aliphatic hydroxyl groups is 22. The van der Waals surface area contributed by atoms with Crippen LogP contribution in [-0.2, 0) is 66.4 Å². The van der Waals surface area contributed by atoms with Crippen molar-refractivity contribution in [2.75, 3.05) is 46.2 Å². The Hall–Kier alpha value is -1.93. The molecular weight excluding hydrogens is 1120 g/mol. The first-order chi connectivity index (χ1) is 38.3. The molecule has 7 heterocycles. The molecule has 1 amide bonds. The zero-order valence-electron chi connectivity index (χ0n) is 42.7. The van der Waals surface area contributed by atoms with Crippen LogP contribution in [0.2, 0.25) is 0 Å². The first kappa shape index (κ1) is 66.6. The van der Waals surface area contributed by atoms with Gasteiger partial charge in [0.25, 0.3) is 0 Å². The highest BCUT2D eigenvalue weighted by Crippen LogP contribution is 2.38. The summed E-state index contributed by atoms with van der Waals surface area (Å²) in [5.41, 5.74) is 0. The maximum absolute atomic E-state index is 12.0. The van der Waals surface area contributed by atoms with E-state index >= 15 is 0 Å². The highest BCUT2D eigenvalue weighted by Gasteiger charge is 2.59. The normalized spacial score (nSPS) is 51.9. The molecule has 37 heteroatoms. The molecule has 472 valence electrons. The molecule has 0 aromatic carbocycles. The summed E-state index contributed by atoms with van der Waals surface area (Å²) in [6.07, 6.45) is -69.1. The molecule has 37 nitrogen and oxygen atoms in total. The van der Waals surface area contributed by atoms with Crippen LogP contribution in [0.1, 0.15) is 6.92 Å². The van der Waals surface area contributed by atoms with Crippen molar-refractivity contribution in [3.05, 3.63) is 0 Å². The number of hydrogen-bond acceptors (Lipinski definition) is 36. The molecular formula is C44H75NO36. The molecule has 0 aromatic heterocycles. The number of rotatable bonds is 20. The second-order valence-corrected chi connectivity index (χ2v) is 20.3. The fourth-order valence-electron chi connectivity index (χ4n) is 10.3. The van der Waals surface area contributed by atoms with Gasteiger partial charge in [0.05, 0.1) is 46.2 Å². The van der Waals surface area contributed by atoms with Gasteiger partial charge in [0, 0.05) is 6.92 Å². The lowest BCUT2D eigenvalue weighted by molar-refractivity contribution is -0.410. The first-order valence-corrected chi connectivity index (χ1v) is 25.6. The summed E-state index contributed by atoms with van der Waals surface area (Å²) in [5, 5.41) is 239. The van der Waals surface area contributed by atoms with E-state index < -0.39 is 267 Å². The Morgan fingerprint density at radius 1 is 0.321 bits per heavy atom. The van der Waals surface area contributed by atoms with Crippen LogP contribution in [0.25, 0.3) is 0 Å². The predicted molar refractivity (Wildman–Crippen MR) is 243 cm³/mol. The van der Waals surface area contributed by atoms with Crippen molar-refractivity contribution >= 4 is 5.91 Å². The van der Waals surface area contributed by atoms with Crippen molar-refractivity contribution in [2.45, 2.75) is 222 Å². The van der Waals surface area contributed by atoms with E-state index in [1.54, 1.807) is 0 Å². The van der Waals surface area contributed by atoms with E-state index in [0.29, 0.717) is 0 Å². The van der Waals surface area contributed by atoms with E-state index in [-0.39, 0.29) is 0 Å². The van der Waals surface area contributed by atoms with Gasteiger partial charge in [0.15, 0.2) is 44.0 Å². The monoisotopic (exact) mass is 1190 g/mol. The van der Waals surface area contributed by atoms with Crippen molar-refractivity contribution in [3.63, 3.8) is 0 Å². The lowest BCUT2D eigenvalue weighted by Gasteiger charge is -2.50. The minimum Gasteiger partial charge on any atom is -0.394 e. The highest BCUT2D eigenvalue weighted by molar-refractivity contribution is 5.73. The number of nitrogens with one attached hydrogen (secondary N) is 1. The van der Waals surface area contributed by atoms with Gasteiger partial charge < -0.3 is 179 Å². The number of aliphatic hydroxyl groups excluding tert-OH is 22.